The second-order valence-corrected chi connectivity index (χ2v) is 1.88. The minimum absolute atomic E-state index is 0.225. The van der Waals surface area contributed by atoms with E-state index in [0.717, 1.165) is 0 Å². The maximum atomic E-state index is 11.3. The Morgan fingerprint density at radius 3 is 2.90 bits per heavy atom. The molecule has 0 aromatic carbocycles. The van der Waals surface area contributed by atoms with Crippen LogP contribution >= 0.6 is 0 Å². The fourth-order valence-corrected chi connectivity index (χ4v) is 0.715. The van der Waals surface area contributed by atoms with E-state index in [-0.39, 0.29) is 5.56 Å². The summed E-state index contributed by atoms with van der Waals surface area (Å²) in [5.74, 6) is -0.959. The van der Waals surface area contributed by atoms with Gasteiger partial charge in [-0.1, -0.05) is 0 Å². The predicted molar refractivity (Wildman–Crippen MR) is 32.1 cm³/mol. The standard InChI is InChI=1S/C6H6FNO2/c1-4-5(2-3-8-4)6(9)10-7/h2-3,8H,1H3. The summed E-state index contributed by atoms with van der Waals surface area (Å²) >= 11 is 0. The first-order valence-corrected chi connectivity index (χ1v) is 2.72. The van der Waals surface area contributed by atoms with E-state index < -0.39 is 5.97 Å². The van der Waals surface area contributed by atoms with Crippen LogP contribution in [0.25, 0.3) is 0 Å². The molecule has 0 amide bonds. The van der Waals surface area contributed by atoms with Crippen molar-refractivity contribution in [2.75, 3.05) is 0 Å². The Morgan fingerprint density at radius 1 is 1.80 bits per heavy atom. The van der Waals surface area contributed by atoms with Crippen LogP contribution in [0.4, 0.5) is 4.53 Å². The highest BCUT2D eigenvalue weighted by Crippen LogP contribution is 2.06. The molecule has 1 N–H and O–H groups in total. The second-order valence-electron chi connectivity index (χ2n) is 1.88. The van der Waals surface area contributed by atoms with Gasteiger partial charge in [0.1, 0.15) is 0 Å². The summed E-state index contributed by atoms with van der Waals surface area (Å²) in [4.78, 5) is 16.2. The third-order valence-corrected chi connectivity index (χ3v) is 1.24. The molecule has 10 heavy (non-hydrogen) atoms. The number of halogens is 1. The molecule has 0 bridgehead atoms. The number of hydrogen-bond acceptors (Lipinski definition) is 2. The topological polar surface area (TPSA) is 42.1 Å². The van der Waals surface area contributed by atoms with Crippen LogP contribution in [-0.4, -0.2) is 11.0 Å². The Balaban J connectivity index is 2.93. The average Bonchev–Trinajstić information content (AvgIpc) is 2.34. The van der Waals surface area contributed by atoms with Crippen molar-refractivity contribution in [2.24, 2.45) is 0 Å². The van der Waals surface area contributed by atoms with Gasteiger partial charge in [0, 0.05) is 16.4 Å². The van der Waals surface area contributed by atoms with Gasteiger partial charge in [-0.05, 0) is 13.0 Å². The lowest BCUT2D eigenvalue weighted by Gasteiger charge is -1.89. The van der Waals surface area contributed by atoms with Gasteiger partial charge in [-0.3, -0.25) is 0 Å². The molecule has 0 saturated carbocycles. The van der Waals surface area contributed by atoms with Crippen molar-refractivity contribution in [2.45, 2.75) is 6.92 Å². The number of carbonyl (C=O) groups is 1. The molecule has 3 nitrogen and oxygen atoms in total. The van der Waals surface area contributed by atoms with Gasteiger partial charge in [-0.25, -0.2) is 9.74 Å². The normalized spacial score (nSPS) is 9.40. The number of hydrogen-bond donors (Lipinski definition) is 1. The molecular formula is C6H6FNO2. The Kier molecular flexibility index (Phi) is 1.71. The van der Waals surface area contributed by atoms with Crippen LogP contribution in [0.2, 0.25) is 0 Å². The van der Waals surface area contributed by atoms with E-state index in [2.05, 4.69) is 9.93 Å². The average molecular weight is 143 g/mol. The zero-order valence-electron chi connectivity index (χ0n) is 5.35. The smallest absolute Gasteiger partial charge is 0.364 e. The molecule has 0 unspecified atom stereocenters. The third kappa shape index (κ3) is 1.00. The fraction of sp³-hybridized carbons (Fsp3) is 0.167. The van der Waals surface area contributed by atoms with Crippen LogP contribution in [0.3, 0.4) is 0 Å². The molecule has 1 rings (SSSR count). The van der Waals surface area contributed by atoms with Crippen molar-refractivity contribution in [3.05, 3.63) is 23.5 Å². The molecule has 0 aliphatic rings. The zero-order valence-corrected chi connectivity index (χ0v) is 5.35. The lowest BCUT2D eigenvalue weighted by Crippen LogP contribution is -1.98. The Hall–Kier alpha value is -1.32. The summed E-state index contributed by atoms with van der Waals surface area (Å²) in [5, 5.41) is 0. The molecule has 0 fully saturated rings. The highest BCUT2D eigenvalue weighted by Gasteiger charge is 2.10. The molecule has 1 heterocycles. The summed E-state index contributed by atoms with van der Waals surface area (Å²) < 4.78 is 11.3. The SMILES string of the molecule is Cc1[nH]ccc1C(=O)OF. The molecule has 0 radical (unpaired) electrons. The van der Waals surface area contributed by atoms with E-state index in [1.807, 2.05) is 0 Å². The molecule has 0 aliphatic heterocycles. The van der Waals surface area contributed by atoms with Crippen LogP contribution in [0, 0.1) is 6.92 Å². The van der Waals surface area contributed by atoms with Gasteiger partial charge in [-0.15, -0.1) is 0 Å². The lowest BCUT2D eigenvalue weighted by atomic mass is 10.3. The molecule has 0 atom stereocenters. The third-order valence-electron chi connectivity index (χ3n) is 1.24. The van der Waals surface area contributed by atoms with E-state index in [1.54, 1.807) is 13.1 Å². The molecule has 1 aromatic heterocycles. The van der Waals surface area contributed by atoms with Gasteiger partial charge >= 0.3 is 5.97 Å². The van der Waals surface area contributed by atoms with Crippen molar-refractivity contribution in [1.29, 1.82) is 0 Å². The maximum absolute atomic E-state index is 11.3. The van der Waals surface area contributed by atoms with Crippen molar-refractivity contribution >= 4 is 5.97 Å². The lowest BCUT2D eigenvalue weighted by molar-refractivity contribution is -0.0788. The van der Waals surface area contributed by atoms with Crippen molar-refractivity contribution in [3.63, 3.8) is 0 Å². The highest BCUT2D eigenvalue weighted by molar-refractivity contribution is 5.90. The van der Waals surface area contributed by atoms with E-state index >= 15 is 0 Å². The van der Waals surface area contributed by atoms with Crippen molar-refractivity contribution in [1.82, 2.24) is 4.98 Å². The minimum Gasteiger partial charge on any atom is -0.364 e. The summed E-state index contributed by atoms with van der Waals surface area (Å²) in [6.07, 6.45) is 1.54. The first-order chi connectivity index (χ1) is 4.75. The predicted octanol–water partition coefficient (Wildman–Crippen LogP) is 1.36. The first kappa shape index (κ1) is 6.80. The number of aryl methyl sites for hydroxylation is 1. The molecule has 0 aliphatic carbocycles. The van der Waals surface area contributed by atoms with Crippen LogP contribution in [0.5, 0.6) is 0 Å². The number of nitrogens with one attached hydrogen (secondary N) is 1. The fourth-order valence-electron chi connectivity index (χ4n) is 0.715. The molecule has 0 saturated heterocycles. The number of carbonyl (C=O) groups excluding carboxylic acids is 1. The zero-order chi connectivity index (χ0) is 7.56. The molecule has 1 aromatic rings. The van der Waals surface area contributed by atoms with Crippen LogP contribution in [0.1, 0.15) is 16.1 Å². The van der Waals surface area contributed by atoms with Crippen LogP contribution in [0.15, 0.2) is 12.3 Å². The number of H-pyrrole nitrogens is 1. The summed E-state index contributed by atoms with van der Waals surface area (Å²) in [5.41, 5.74) is 0.824. The Labute approximate surface area is 56.7 Å². The maximum Gasteiger partial charge on any atom is 0.381 e. The van der Waals surface area contributed by atoms with Gasteiger partial charge in [-0.2, -0.15) is 0 Å². The van der Waals surface area contributed by atoms with Gasteiger partial charge in [0.2, 0.25) is 0 Å². The molecular weight excluding hydrogens is 137 g/mol. The van der Waals surface area contributed by atoms with Crippen molar-refractivity contribution in [3.8, 4) is 0 Å². The largest absolute Gasteiger partial charge is 0.381 e. The molecule has 4 heteroatoms. The Morgan fingerprint density at radius 2 is 2.50 bits per heavy atom. The van der Waals surface area contributed by atoms with E-state index in [0.29, 0.717) is 5.69 Å². The number of rotatable bonds is 1. The van der Waals surface area contributed by atoms with E-state index in [1.165, 1.54) is 6.07 Å². The first-order valence-electron chi connectivity index (χ1n) is 2.72. The van der Waals surface area contributed by atoms with Gasteiger partial charge in [0.25, 0.3) is 0 Å². The molecule has 54 valence electrons. The van der Waals surface area contributed by atoms with Crippen molar-refractivity contribution < 1.29 is 14.3 Å². The minimum atomic E-state index is -0.959. The summed E-state index contributed by atoms with van der Waals surface area (Å²) in [7, 11) is 0. The van der Waals surface area contributed by atoms with Gasteiger partial charge < -0.3 is 4.98 Å². The highest BCUT2D eigenvalue weighted by atomic mass is 19.3. The van der Waals surface area contributed by atoms with Crippen LogP contribution < -0.4 is 0 Å². The molecule has 0 spiro atoms. The second kappa shape index (κ2) is 2.51. The van der Waals surface area contributed by atoms with Gasteiger partial charge in [0.05, 0.1) is 5.56 Å². The van der Waals surface area contributed by atoms with Crippen LogP contribution in [-0.2, 0) is 4.94 Å². The van der Waals surface area contributed by atoms with E-state index in [9.17, 15) is 9.32 Å². The summed E-state index contributed by atoms with van der Waals surface area (Å²) in [6, 6.07) is 1.46. The van der Waals surface area contributed by atoms with E-state index in [4.69, 9.17) is 0 Å². The Bertz CT molecular complexity index is 244. The van der Waals surface area contributed by atoms with Gasteiger partial charge in [0.15, 0.2) is 0 Å². The monoisotopic (exact) mass is 143 g/mol. The number of aromatic nitrogens is 1. The summed E-state index contributed by atoms with van der Waals surface area (Å²) in [6.45, 7) is 1.66. The number of aromatic amines is 1. The quantitative estimate of drug-likeness (QED) is 0.645.